The van der Waals surface area contributed by atoms with E-state index in [4.69, 9.17) is 14.9 Å². The van der Waals surface area contributed by atoms with Gasteiger partial charge in [-0.2, -0.15) is 0 Å². The highest BCUT2D eigenvalue weighted by Gasteiger charge is 2.15. The summed E-state index contributed by atoms with van der Waals surface area (Å²) < 4.78 is 5.10. The summed E-state index contributed by atoms with van der Waals surface area (Å²) in [5.74, 6) is 0.316. The van der Waals surface area contributed by atoms with Crippen LogP contribution >= 0.6 is 0 Å². The molecule has 0 aliphatic heterocycles. The molecule has 0 spiro atoms. The van der Waals surface area contributed by atoms with Crippen molar-refractivity contribution in [1.82, 2.24) is 10.2 Å². The lowest BCUT2D eigenvalue weighted by Gasteiger charge is -2.17. The Balaban J connectivity index is 2.88. The third-order valence-electron chi connectivity index (χ3n) is 2.55. The smallest absolute Gasteiger partial charge is 0.414 e. The standard InChI is InChI=1S/C13H18N2O5/c1-15(2)13(19)20-10-5-3-4-9(8-10)11(6-7-16)14-12(17)18/h3-5,8,11,14,16H,6-7H2,1-2H3,(H,17,18)/t11-/m0/s1. The zero-order valence-corrected chi connectivity index (χ0v) is 11.4. The van der Waals surface area contributed by atoms with Crippen molar-refractivity contribution in [1.29, 1.82) is 0 Å². The monoisotopic (exact) mass is 282 g/mol. The highest BCUT2D eigenvalue weighted by atomic mass is 16.6. The number of carboxylic acid groups (broad SMARTS) is 1. The molecule has 1 rings (SSSR count). The Bertz CT molecular complexity index is 476. The van der Waals surface area contributed by atoms with E-state index in [9.17, 15) is 9.59 Å². The van der Waals surface area contributed by atoms with Gasteiger partial charge in [-0.05, 0) is 24.1 Å². The lowest BCUT2D eigenvalue weighted by Crippen LogP contribution is -2.28. The van der Waals surface area contributed by atoms with Gasteiger partial charge < -0.3 is 25.2 Å². The molecule has 0 radical (unpaired) electrons. The molecule has 1 atom stereocenters. The molecule has 2 amide bonds. The molecule has 1 aromatic carbocycles. The van der Waals surface area contributed by atoms with Crippen molar-refractivity contribution in [2.24, 2.45) is 0 Å². The summed E-state index contributed by atoms with van der Waals surface area (Å²) in [5, 5.41) is 20.1. The predicted octanol–water partition coefficient (Wildman–Crippen LogP) is 1.44. The van der Waals surface area contributed by atoms with Gasteiger partial charge in [-0.15, -0.1) is 0 Å². The van der Waals surface area contributed by atoms with Crippen LogP contribution in [0.3, 0.4) is 0 Å². The van der Waals surface area contributed by atoms with Gasteiger partial charge in [0.25, 0.3) is 0 Å². The van der Waals surface area contributed by atoms with Crippen molar-refractivity contribution < 1.29 is 24.5 Å². The number of carbonyl (C=O) groups excluding carboxylic acids is 1. The lowest BCUT2D eigenvalue weighted by atomic mass is 10.0. The van der Waals surface area contributed by atoms with E-state index in [1.165, 1.54) is 4.90 Å². The maximum atomic E-state index is 11.5. The quantitative estimate of drug-likeness (QED) is 0.759. The third-order valence-corrected chi connectivity index (χ3v) is 2.55. The minimum Gasteiger partial charge on any atom is -0.465 e. The predicted molar refractivity (Wildman–Crippen MR) is 71.8 cm³/mol. The molecule has 0 aliphatic carbocycles. The van der Waals surface area contributed by atoms with Gasteiger partial charge in [0.1, 0.15) is 5.75 Å². The Morgan fingerprint density at radius 3 is 2.65 bits per heavy atom. The van der Waals surface area contributed by atoms with E-state index in [2.05, 4.69) is 5.32 Å². The van der Waals surface area contributed by atoms with Crippen molar-refractivity contribution in [3.05, 3.63) is 29.8 Å². The van der Waals surface area contributed by atoms with Crippen LogP contribution < -0.4 is 10.1 Å². The molecule has 20 heavy (non-hydrogen) atoms. The van der Waals surface area contributed by atoms with Gasteiger partial charge in [-0.1, -0.05) is 12.1 Å². The van der Waals surface area contributed by atoms with Gasteiger partial charge in [0, 0.05) is 20.7 Å². The van der Waals surface area contributed by atoms with E-state index in [1.807, 2.05) is 0 Å². The normalized spacial score (nSPS) is 11.6. The SMILES string of the molecule is CN(C)C(=O)Oc1cccc([C@H](CCO)NC(=O)O)c1. The number of benzene rings is 1. The van der Waals surface area contributed by atoms with Crippen LogP contribution in [0.1, 0.15) is 18.0 Å². The van der Waals surface area contributed by atoms with E-state index < -0.39 is 18.2 Å². The van der Waals surface area contributed by atoms with E-state index in [0.29, 0.717) is 11.3 Å². The maximum absolute atomic E-state index is 11.5. The summed E-state index contributed by atoms with van der Waals surface area (Å²) in [4.78, 5) is 23.5. The highest BCUT2D eigenvalue weighted by Crippen LogP contribution is 2.22. The number of rotatable bonds is 5. The van der Waals surface area contributed by atoms with Crippen molar-refractivity contribution in [2.75, 3.05) is 20.7 Å². The Morgan fingerprint density at radius 1 is 1.40 bits per heavy atom. The van der Waals surface area contributed by atoms with E-state index in [1.54, 1.807) is 38.4 Å². The minimum absolute atomic E-state index is 0.160. The highest BCUT2D eigenvalue weighted by molar-refractivity contribution is 5.70. The van der Waals surface area contributed by atoms with E-state index in [-0.39, 0.29) is 13.0 Å². The number of amides is 2. The van der Waals surface area contributed by atoms with Crippen LogP contribution in [0.4, 0.5) is 9.59 Å². The van der Waals surface area contributed by atoms with Crippen molar-refractivity contribution in [3.8, 4) is 5.75 Å². The Hall–Kier alpha value is -2.28. The van der Waals surface area contributed by atoms with Crippen LogP contribution in [-0.2, 0) is 0 Å². The molecule has 0 fully saturated rings. The summed E-state index contributed by atoms with van der Waals surface area (Å²) in [7, 11) is 3.12. The fourth-order valence-electron chi connectivity index (χ4n) is 1.59. The molecule has 7 heteroatoms. The van der Waals surface area contributed by atoms with Crippen LogP contribution in [0.2, 0.25) is 0 Å². The number of nitrogens with one attached hydrogen (secondary N) is 1. The molecule has 0 aromatic heterocycles. The Morgan fingerprint density at radius 2 is 2.10 bits per heavy atom. The molecule has 7 nitrogen and oxygen atoms in total. The fraction of sp³-hybridized carbons (Fsp3) is 0.385. The van der Waals surface area contributed by atoms with Crippen LogP contribution in [0.15, 0.2) is 24.3 Å². The number of hydrogen-bond donors (Lipinski definition) is 3. The zero-order chi connectivity index (χ0) is 15.1. The largest absolute Gasteiger partial charge is 0.465 e. The summed E-state index contributed by atoms with van der Waals surface area (Å²) >= 11 is 0. The molecule has 1 aromatic rings. The zero-order valence-electron chi connectivity index (χ0n) is 11.4. The second-order valence-electron chi connectivity index (χ2n) is 4.35. The molecule has 0 heterocycles. The van der Waals surface area contributed by atoms with Gasteiger partial charge >= 0.3 is 12.2 Å². The third kappa shape index (κ3) is 4.77. The van der Waals surface area contributed by atoms with Crippen LogP contribution in [-0.4, -0.2) is 48.0 Å². The topological polar surface area (TPSA) is 99.1 Å². The molecule has 0 saturated carbocycles. The van der Waals surface area contributed by atoms with Gasteiger partial charge in [-0.25, -0.2) is 9.59 Å². The molecule has 0 saturated heterocycles. The molecule has 0 bridgehead atoms. The number of carbonyl (C=O) groups is 2. The first-order valence-corrected chi connectivity index (χ1v) is 6.03. The van der Waals surface area contributed by atoms with Crippen molar-refractivity contribution >= 4 is 12.2 Å². The minimum atomic E-state index is -1.18. The molecule has 0 aliphatic rings. The first-order chi connectivity index (χ1) is 9.43. The molecular weight excluding hydrogens is 264 g/mol. The van der Waals surface area contributed by atoms with E-state index >= 15 is 0 Å². The lowest BCUT2D eigenvalue weighted by molar-refractivity contribution is 0.171. The number of aliphatic hydroxyl groups excluding tert-OH is 1. The average molecular weight is 282 g/mol. The fourth-order valence-corrected chi connectivity index (χ4v) is 1.59. The first-order valence-electron chi connectivity index (χ1n) is 6.03. The van der Waals surface area contributed by atoms with Gasteiger partial charge in [0.2, 0.25) is 0 Å². The summed E-state index contributed by atoms with van der Waals surface area (Å²) in [6, 6.07) is 5.96. The van der Waals surface area contributed by atoms with Crippen molar-refractivity contribution in [3.63, 3.8) is 0 Å². The Labute approximate surface area is 116 Å². The van der Waals surface area contributed by atoms with Crippen LogP contribution in [0.25, 0.3) is 0 Å². The number of aliphatic hydroxyl groups is 1. The van der Waals surface area contributed by atoms with Crippen molar-refractivity contribution in [2.45, 2.75) is 12.5 Å². The number of ether oxygens (including phenoxy) is 1. The maximum Gasteiger partial charge on any atom is 0.414 e. The second kappa shape index (κ2) is 7.34. The first kappa shape index (κ1) is 15.8. The van der Waals surface area contributed by atoms with Crippen LogP contribution in [0.5, 0.6) is 5.75 Å². The average Bonchev–Trinajstić information content (AvgIpc) is 2.38. The Kier molecular flexibility index (Phi) is 5.79. The summed E-state index contributed by atoms with van der Waals surface area (Å²) in [6.07, 6.45) is -1.47. The number of nitrogens with zero attached hydrogens (tertiary/aromatic N) is 1. The van der Waals surface area contributed by atoms with Gasteiger partial charge in [0.05, 0.1) is 6.04 Å². The molecular formula is C13H18N2O5. The van der Waals surface area contributed by atoms with Gasteiger partial charge in [0.15, 0.2) is 0 Å². The number of hydrogen-bond acceptors (Lipinski definition) is 4. The molecule has 110 valence electrons. The summed E-state index contributed by atoms with van der Waals surface area (Å²) in [6.45, 7) is -0.160. The van der Waals surface area contributed by atoms with E-state index in [0.717, 1.165) is 0 Å². The van der Waals surface area contributed by atoms with Crippen LogP contribution in [0, 0.1) is 0 Å². The molecule has 3 N–H and O–H groups in total. The molecule has 0 unspecified atom stereocenters. The second-order valence-corrected chi connectivity index (χ2v) is 4.35. The van der Waals surface area contributed by atoms with Gasteiger partial charge in [-0.3, -0.25) is 0 Å². The summed E-state index contributed by atoms with van der Waals surface area (Å²) in [5.41, 5.74) is 0.616.